The Labute approximate surface area is 134 Å². The molecule has 0 N–H and O–H groups in total. The van der Waals surface area contributed by atoms with Crippen molar-refractivity contribution in [2.24, 2.45) is 0 Å². The molecule has 0 radical (unpaired) electrons. The van der Waals surface area contributed by atoms with Crippen molar-refractivity contribution in [2.75, 3.05) is 0 Å². The second-order valence-electron chi connectivity index (χ2n) is 4.85. The summed E-state index contributed by atoms with van der Waals surface area (Å²) in [6.45, 7) is 0. The van der Waals surface area contributed by atoms with Crippen LogP contribution in [0.2, 0.25) is 0 Å². The largest absolute Gasteiger partial charge is 0.244 e. The number of hydrogen-bond acceptors (Lipinski definition) is 5. The summed E-state index contributed by atoms with van der Waals surface area (Å²) >= 11 is 0. The van der Waals surface area contributed by atoms with E-state index >= 15 is 0 Å². The predicted octanol–water partition coefficient (Wildman–Crippen LogP) is 2.19. The fourth-order valence-electron chi connectivity index (χ4n) is 2.27. The van der Waals surface area contributed by atoms with Crippen LogP contribution in [0.25, 0.3) is 22.6 Å². The molecule has 118 valence electrons. The lowest BCUT2D eigenvalue weighted by atomic mass is 10.2. The first-order valence-corrected chi connectivity index (χ1v) is 6.89. The predicted molar refractivity (Wildman–Crippen MR) is 79.4 cm³/mol. The Balaban J connectivity index is 1.79. The van der Waals surface area contributed by atoms with E-state index in [0.717, 1.165) is 6.07 Å². The summed E-state index contributed by atoms with van der Waals surface area (Å²) in [5.41, 5.74) is 1.41. The van der Waals surface area contributed by atoms with Gasteiger partial charge in [0.05, 0.1) is 18.6 Å². The highest BCUT2D eigenvalue weighted by atomic mass is 19.1. The summed E-state index contributed by atoms with van der Waals surface area (Å²) in [5.74, 6) is -0.885. The molecule has 0 fully saturated rings. The highest BCUT2D eigenvalue weighted by Gasteiger charge is 2.14. The SMILES string of the molecule is Fc1ccc(-n2cc(-c3cncnc3-n3nccn3)cn2)c(F)c1. The van der Waals surface area contributed by atoms with Gasteiger partial charge >= 0.3 is 0 Å². The van der Waals surface area contributed by atoms with Crippen LogP contribution in [0.5, 0.6) is 0 Å². The molecule has 9 heteroatoms. The molecule has 0 saturated carbocycles. The molecule has 0 bridgehead atoms. The van der Waals surface area contributed by atoms with E-state index < -0.39 is 11.6 Å². The van der Waals surface area contributed by atoms with Gasteiger partial charge in [-0.1, -0.05) is 0 Å². The fraction of sp³-hybridized carbons (Fsp3) is 0. The lowest BCUT2D eigenvalue weighted by molar-refractivity contribution is 0.573. The minimum absolute atomic E-state index is 0.137. The van der Waals surface area contributed by atoms with Gasteiger partial charge in [0.1, 0.15) is 17.8 Å². The third-order valence-electron chi connectivity index (χ3n) is 3.35. The zero-order chi connectivity index (χ0) is 16.5. The van der Waals surface area contributed by atoms with Gasteiger partial charge in [-0.05, 0) is 12.1 Å². The Morgan fingerprint density at radius 2 is 1.79 bits per heavy atom. The van der Waals surface area contributed by atoms with Crippen molar-refractivity contribution in [2.45, 2.75) is 0 Å². The minimum Gasteiger partial charge on any atom is -0.244 e. The Hall–Kier alpha value is -3.49. The summed E-state index contributed by atoms with van der Waals surface area (Å²) in [6.07, 6.45) is 9.17. The van der Waals surface area contributed by atoms with E-state index in [4.69, 9.17) is 0 Å². The molecule has 3 heterocycles. The highest BCUT2D eigenvalue weighted by Crippen LogP contribution is 2.24. The quantitative estimate of drug-likeness (QED) is 0.577. The number of nitrogens with zero attached hydrogens (tertiary/aromatic N) is 7. The molecule has 0 aliphatic carbocycles. The first kappa shape index (κ1) is 14.1. The van der Waals surface area contributed by atoms with Gasteiger partial charge in [0.15, 0.2) is 11.6 Å². The summed E-state index contributed by atoms with van der Waals surface area (Å²) in [7, 11) is 0. The molecule has 0 atom stereocenters. The van der Waals surface area contributed by atoms with Crippen molar-refractivity contribution in [1.82, 2.24) is 34.7 Å². The maximum Gasteiger partial charge on any atom is 0.185 e. The average Bonchev–Trinajstić information content (AvgIpc) is 3.27. The molecule has 0 spiro atoms. The van der Waals surface area contributed by atoms with Crippen LogP contribution in [0.4, 0.5) is 8.78 Å². The molecule has 24 heavy (non-hydrogen) atoms. The van der Waals surface area contributed by atoms with Crippen molar-refractivity contribution in [3.8, 4) is 22.6 Å². The fourth-order valence-corrected chi connectivity index (χ4v) is 2.27. The number of hydrogen-bond donors (Lipinski definition) is 0. The molecule has 1 aromatic carbocycles. The van der Waals surface area contributed by atoms with Crippen LogP contribution in [0.3, 0.4) is 0 Å². The van der Waals surface area contributed by atoms with Crippen molar-refractivity contribution in [1.29, 1.82) is 0 Å². The van der Waals surface area contributed by atoms with Crippen LogP contribution in [-0.2, 0) is 0 Å². The maximum atomic E-state index is 13.9. The molecule has 4 rings (SSSR count). The van der Waals surface area contributed by atoms with Crippen LogP contribution in [0.15, 0.2) is 55.5 Å². The first-order chi connectivity index (χ1) is 11.7. The van der Waals surface area contributed by atoms with Crippen molar-refractivity contribution in [3.63, 3.8) is 0 Å². The summed E-state index contributed by atoms with van der Waals surface area (Å²) < 4.78 is 28.3. The molecular formula is C15H9F2N7. The van der Waals surface area contributed by atoms with Crippen molar-refractivity contribution in [3.05, 3.63) is 67.1 Å². The zero-order valence-corrected chi connectivity index (χ0v) is 12.1. The van der Waals surface area contributed by atoms with Crippen LogP contribution in [-0.4, -0.2) is 34.7 Å². The third-order valence-corrected chi connectivity index (χ3v) is 3.35. The van der Waals surface area contributed by atoms with Gasteiger partial charge in [-0.2, -0.15) is 15.3 Å². The van der Waals surface area contributed by atoms with Gasteiger partial charge in [0, 0.05) is 29.6 Å². The number of halogens is 2. The van der Waals surface area contributed by atoms with E-state index in [0.29, 0.717) is 16.9 Å². The van der Waals surface area contributed by atoms with Crippen LogP contribution in [0.1, 0.15) is 0 Å². The lowest BCUT2D eigenvalue weighted by Crippen LogP contribution is -2.04. The number of aromatic nitrogens is 7. The zero-order valence-electron chi connectivity index (χ0n) is 12.1. The van der Waals surface area contributed by atoms with Crippen LogP contribution < -0.4 is 0 Å². The monoisotopic (exact) mass is 325 g/mol. The summed E-state index contributed by atoms with van der Waals surface area (Å²) in [4.78, 5) is 9.53. The lowest BCUT2D eigenvalue weighted by Gasteiger charge is -2.04. The molecule has 4 aromatic rings. The standard InChI is InChI=1S/C15H9F2N7/c16-11-1-2-14(13(17)5-11)23-8-10(6-22-23)12-7-18-9-19-15(12)24-20-3-4-21-24/h1-9H. The van der Waals surface area contributed by atoms with E-state index in [9.17, 15) is 8.78 Å². The highest BCUT2D eigenvalue weighted by molar-refractivity contribution is 5.68. The van der Waals surface area contributed by atoms with Crippen LogP contribution >= 0.6 is 0 Å². The van der Waals surface area contributed by atoms with Gasteiger partial charge in [-0.3, -0.25) is 0 Å². The minimum atomic E-state index is -0.706. The molecule has 0 saturated heterocycles. The Morgan fingerprint density at radius 1 is 0.958 bits per heavy atom. The number of benzene rings is 1. The second-order valence-corrected chi connectivity index (χ2v) is 4.85. The van der Waals surface area contributed by atoms with E-state index in [-0.39, 0.29) is 5.69 Å². The first-order valence-electron chi connectivity index (χ1n) is 6.89. The van der Waals surface area contributed by atoms with Gasteiger partial charge < -0.3 is 0 Å². The number of rotatable bonds is 3. The topological polar surface area (TPSA) is 74.3 Å². The van der Waals surface area contributed by atoms with E-state index in [1.807, 2.05) is 0 Å². The van der Waals surface area contributed by atoms with Gasteiger partial charge in [-0.25, -0.2) is 23.4 Å². The van der Waals surface area contributed by atoms with Crippen molar-refractivity contribution >= 4 is 0 Å². The van der Waals surface area contributed by atoms with Crippen molar-refractivity contribution < 1.29 is 8.78 Å². The van der Waals surface area contributed by atoms with Gasteiger partial charge in [-0.15, -0.1) is 4.80 Å². The van der Waals surface area contributed by atoms with E-state index in [2.05, 4.69) is 25.3 Å². The molecule has 0 aliphatic heterocycles. The van der Waals surface area contributed by atoms with E-state index in [1.165, 1.54) is 46.5 Å². The smallest absolute Gasteiger partial charge is 0.185 e. The summed E-state index contributed by atoms with van der Waals surface area (Å²) in [6, 6.07) is 3.30. The van der Waals surface area contributed by atoms with E-state index in [1.54, 1.807) is 12.4 Å². The Morgan fingerprint density at radius 3 is 2.58 bits per heavy atom. The van der Waals surface area contributed by atoms with Crippen LogP contribution in [0, 0.1) is 11.6 Å². The molecular weight excluding hydrogens is 316 g/mol. The molecule has 0 unspecified atom stereocenters. The Bertz CT molecular complexity index is 995. The molecule has 0 amide bonds. The molecule has 7 nitrogen and oxygen atoms in total. The summed E-state index contributed by atoms with van der Waals surface area (Å²) in [5, 5.41) is 12.2. The normalized spacial score (nSPS) is 10.9. The molecule has 3 aromatic heterocycles. The van der Waals surface area contributed by atoms with Gasteiger partial charge in [0.2, 0.25) is 0 Å². The maximum absolute atomic E-state index is 13.9. The third kappa shape index (κ3) is 2.41. The second kappa shape index (κ2) is 5.61. The average molecular weight is 325 g/mol. The van der Waals surface area contributed by atoms with Gasteiger partial charge in [0.25, 0.3) is 0 Å². The Kier molecular flexibility index (Phi) is 3.30. The molecule has 0 aliphatic rings.